The molecule has 2 aliphatic rings. The van der Waals surface area contributed by atoms with Crippen LogP contribution in [-0.2, 0) is 5.41 Å². The molecule has 13 rings (SSSR count). The molecule has 0 unspecified atom stereocenters. The molecule has 0 fully saturated rings. The summed E-state index contributed by atoms with van der Waals surface area (Å²) < 4.78 is 0. The number of nitriles is 1. The number of rotatable bonds is 7. The quantitative estimate of drug-likeness (QED) is 0.160. The molecule has 1 spiro atoms. The van der Waals surface area contributed by atoms with Crippen LogP contribution in [-0.4, -0.2) is 15.0 Å². The Bertz CT molecular complexity index is 3750. The molecule has 11 aromatic rings. The third-order valence-corrected chi connectivity index (χ3v) is 13.9. The van der Waals surface area contributed by atoms with E-state index in [0.29, 0.717) is 23.0 Å². The standard InChI is InChI=1S/C65H40N4/c66-41-42-30-32-60-56(34-42)57-40-49(31-33-61(57)65(60)58-28-12-10-26-54(58)55-27-11-13-29-59(55)65)47-23-14-22-46(35-47)48-24-15-25-50(36-48)63-67-62(45-20-8-3-9-21-45)68-64(69-63)53-38-51(43-16-4-1-5-17-43)37-52(39-53)44-18-6-2-7-19-44/h1-40H. The zero-order chi connectivity index (χ0) is 45.9. The number of benzene rings is 10. The average Bonchev–Trinajstić information content (AvgIpc) is 3.90. The molecule has 0 saturated carbocycles. The second kappa shape index (κ2) is 16.2. The number of hydrogen-bond acceptors (Lipinski definition) is 4. The molecule has 1 heterocycles. The van der Waals surface area contributed by atoms with Crippen LogP contribution in [0.1, 0.15) is 27.8 Å². The first-order valence-corrected chi connectivity index (χ1v) is 23.3. The smallest absolute Gasteiger partial charge is 0.164 e. The van der Waals surface area contributed by atoms with Crippen molar-refractivity contribution in [2.75, 3.05) is 0 Å². The van der Waals surface area contributed by atoms with E-state index in [9.17, 15) is 5.26 Å². The predicted molar refractivity (Wildman–Crippen MR) is 279 cm³/mol. The Balaban J connectivity index is 0.915. The van der Waals surface area contributed by atoms with Gasteiger partial charge in [0.1, 0.15) is 0 Å². The van der Waals surface area contributed by atoms with E-state index in [0.717, 1.165) is 72.3 Å². The molecule has 4 heteroatoms. The number of hydrogen-bond donors (Lipinski definition) is 0. The van der Waals surface area contributed by atoms with E-state index in [1.54, 1.807) is 0 Å². The van der Waals surface area contributed by atoms with Gasteiger partial charge in [0.05, 0.1) is 17.0 Å². The molecule has 0 bridgehead atoms. The highest BCUT2D eigenvalue weighted by Crippen LogP contribution is 2.63. The van der Waals surface area contributed by atoms with Gasteiger partial charge in [-0.05, 0) is 138 Å². The van der Waals surface area contributed by atoms with Gasteiger partial charge in [0.2, 0.25) is 0 Å². The third kappa shape index (κ3) is 6.63. The normalized spacial score (nSPS) is 12.4. The molecule has 320 valence electrons. The topological polar surface area (TPSA) is 62.5 Å². The van der Waals surface area contributed by atoms with Crippen molar-refractivity contribution in [1.82, 2.24) is 15.0 Å². The second-order valence-corrected chi connectivity index (χ2v) is 17.8. The predicted octanol–water partition coefficient (Wildman–Crippen LogP) is 15.8. The highest BCUT2D eigenvalue weighted by molar-refractivity contribution is 5.96. The summed E-state index contributed by atoms with van der Waals surface area (Å²) in [6.07, 6.45) is 0. The van der Waals surface area contributed by atoms with Crippen LogP contribution in [0.5, 0.6) is 0 Å². The zero-order valence-electron chi connectivity index (χ0n) is 37.4. The van der Waals surface area contributed by atoms with Gasteiger partial charge in [0, 0.05) is 16.7 Å². The maximum Gasteiger partial charge on any atom is 0.164 e. The third-order valence-electron chi connectivity index (χ3n) is 13.9. The molecule has 69 heavy (non-hydrogen) atoms. The van der Waals surface area contributed by atoms with Crippen LogP contribution in [0.25, 0.3) is 101 Å². The first-order valence-electron chi connectivity index (χ1n) is 23.3. The fraction of sp³-hybridized carbons (Fsp3) is 0.0154. The minimum Gasteiger partial charge on any atom is -0.208 e. The molecule has 0 N–H and O–H groups in total. The van der Waals surface area contributed by atoms with Crippen LogP contribution in [0.15, 0.2) is 243 Å². The summed E-state index contributed by atoms with van der Waals surface area (Å²) in [5.41, 5.74) is 21.5. The summed E-state index contributed by atoms with van der Waals surface area (Å²) in [7, 11) is 0. The van der Waals surface area contributed by atoms with Crippen LogP contribution >= 0.6 is 0 Å². The Kier molecular flexibility index (Phi) is 9.42. The number of aromatic nitrogens is 3. The summed E-state index contributed by atoms with van der Waals surface area (Å²) in [6.45, 7) is 0. The highest BCUT2D eigenvalue weighted by Gasteiger charge is 2.51. The van der Waals surface area contributed by atoms with Gasteiger partial charge < -0.3 is 0 Å². The van der Waals surface area contributed by atoms with Gasteiger partial charge in [0.15, 0.2) is 17.5 Å². The summed E-state index contributed by atoms with van der Waals surface area (Å²) in [5, 5.41) is 10.1. The number of nitrogens with zero attached hydrogens (tertiary/aromatic N) is 4. The van der Waals surface area contributed by atoms with Crippen molar-refractivity contribution >= 4 is 0 Å². The van der Waals surface area contributed by atoms with Crippen molar-refractivity contribution < 1.29 is 0 Å². The van der Waals surface area contributed by atoms with E-state index in [2.05, 4.69) is 200 Å². The summed E-state index contributed by atoms with van der Waals surface area (Å²) in [5.74, 6) is 1.81. The van der Waals surface area contributed by atoms with Crippen molar-refractivity contribution in [3.05, 3.63) is 270 Å². The van der Waals surface area contributed by atoms with Crippen molar-refractivity contribution in [2.45, 2.75) is 5.41 Å². The average molecular weight is 877 g/mol. The first-order chi connectivity index (χ1) is 34.1. The Hall–Kier alpha value is -9.30. The lowest BCUT2D eigenvalue weighted by Gasteiger charge is -2.30. The molecule has 0 atom stereocenters. The van der Waals surface area contributed by atoms with Crippen LogP contribution in [0.3, 0.4) is 0 Å². The van der Waals surface area contributed by atoms with Crippen molar-refractivity contribution in [3.8, 4) is 107 Å². The fourth-order valence-electron chi connectivity index (χ4n) is 10.8. The largest absolute Gasteiger partial charge is 0.208 e. The summed E-state index contributed by atoms with van der Waals surface area (Å²) in [6, 6.07) is 88.1. The lowest BCUT2D eigenvalue weighted by atomic mass is 9.70. The highest BCUT2D eigenvalue weighted by atomic mass is 15.0. The van der Waals surface area contributed by atoms with E-state index >= 15 is 0 Å². The Morgan fingerprint density at radius 2 is 0.638 bits per heavy atom. The fourth-order valence-corrected chi connectivity index (χ4v) is 10.8. The van der Waals surface area contributed by atoms with E-state index in [4.69, 9.17) is 15.0 Å². The molecule has 10 aromatic carbocycles. The maximum absolute atomic E-state index is 10.1. The van der Waals surface area contributed by atoms with E-state index in [1.807, 2.05) is 48.5 Å². The lowest BCUT2D eigenvalue weighted by molar-refractivity contribution is 0.794. The second-order valence-electron chi connectivity index (χ2n) is 17.8. The van der Waals surface area contributed by atoms with Crippen LogP contribution < -0.4 is 0 Å². The summed E-state index contributed by atoms with van der Waals surface area (Å²) in [4.78, 5) is 15.5. The van der Waals surface area contributed by atoms with Gasteiger partial charge in [-0.1, -0.05) is 194 Å². The molecule has 0 aliphatic heterocycles. The Labute approximate surface area is 401 Å². The minimum atomic E-state index is -0.475. The maximum atomic E-state index is 10.1. The van der Waals surface area contributed by atoms with Gasteiger partial charge in [0.25, 0.3) is 0 Å². The molecule has 4 nitrogen and oxygen atoms in total. The van der Waals surface area contributed by atoms with Crippen LogP contribution in [0.4, 0.5) is 0 Å². The monoisotopic (exact) mass is 876 g/mol. The first kappa shape index (κ1) is 40.0. The molecule has 2 aliphatic carbocycles. The van der Waals surface area contributed by atoms with E-state index in [-0.39, 0.29) is 0 Å². The van der Waals surface area contributed by atoms with Crippen molar-refractivity contribution in [3.63, 3.8) is 0 Å². The minimum absolute atomic E-state index is 0.475. The van der Waals surface area contributed by atoms with E-state index in [1.165, 1.54) is 33.4 Å². The van der Waals surface area contributed by atoms with Crippen LogP contribution in [0.2, 0.25) is 0 Å². The molecule has 0 amide bonds. The van der Waals surface area contributed by atoms with Gasteiger partial charge in [-0.3, -0.25) is 0 Å². The summed E-state index contributed by atoms with van der Waals surface area (Å²) >= 11 is 0. The van der Waals surface area contributed by atoms with Gasteiger partial charge in [-0.25, -0.2) is 15.0 Å². The molecular formula is C65H40N4. The lowest BCUT2D eigenvalue weighted by Crippen LogP contribution is -2.25. The molecule has 0 radical (unpaired) electrons. The van der Waals surface area contributed by atoms with Crippen LogP contribution in [0, 0.1) is 11.3 Å². The molecule has 1 aromatic heterocycles. The number of fused-ring (bicyclic) bond motifs is 10. The molecule has 0 saturated heterocycles. The SMILES string of the molecule is N#Cc1ccc2c(c1)-c1cc(-c3cccc(-c4cccc(-c5nc(-c6ccccc6)nc(-c6cc(-c7ccccc7)cc(-c7ccccc7)c6)n5)c4)c3)ccc1C21c2ccccc2-c2ccccc21. The Morgan fingerprint density at radius 1 is 0.261 bits per heavy atom. The molecular weight excluding hydrogens is 837 g/mol. The van der Waals surface area contributed by atoms with Crippen molar-refractivity contribution in [2.24, 2.45) is 0 Å². The van der Waals surface area contributed by atoms with E-state index < -0.39 is 5.41 Å². The Morgan fingerprint density at radius 3 is 1.20 bits per heavy atom. The zero-order valence-corrected chi connectivity index (χ0v) is 37.4. The van der Waals surface area contributed by atoms with Crippen molar-refractivity contribution in [1.29, 1.82) is 5.26 Å². The van der Waals surface area contributed by atoms with Gasteiger partial charge in [-0.2, -0.15) is 5.26 Å². The van der Waals surface area contributed by atoms with Gasteiger partial charge in [-0.15, -0.1) is 0 Å². The van der Waals surface area contributed by atoms with Gasteiger partial charge >= 0.3 is 0 Å².